The summed E-state index contributed by atoms with van der Waals surface area (Å²) >= 11 is 13.2. The van der Waals surface area contributed by atoms with Crippen molar-refractivity contribution in [2.24, 2.45) is 0 Å². The fourth-order valence-corrected chi connectivity index (χ4v) is 6.26. The third-order valence-electron chi connectivity index (χ3n) is 3.77. The van der Waals surface area contributed by atoms with E-state index in [2.05, 4.69) is 0 Å². The molecule has 0 bridgehead atoms. The van der Waals surface area contributed by atoms with Crippen LogP contribution in [0.25, 0.3) is 5.03 Å². The number of nitrogens with zero attached hydrogens (tertiary/aromatic N) is 1. The number of benzene rings is 2. The van der Waals surface area contributed by atoms with Gasteiger partial charge in [-0.15, -0.1) is 0 Å². The molecular formula is C17H15Cl2NO3S2. The number of aliphatic hydroxyl groups excluding tert-OH is 1. The molecular weight excluding hydrogens is 401 g/mol. The Morgan fingerprint density at radius 2 is 1.76 bits per heavy atom. The maximum atomic E-state index is 13.0. The zero-order chi connectivity index (χ0) is 18.2. The van der Waals surface area contributed by atoms with Crippen molar-refractivity contribution >= 4 is 55.7 Å². The van der Waals surface area contributed by atoms with Crippen molar-refractivity contribution in [2.45, 2.75) is 17.3 Å². The van der Waals surface area contributed by atoms with Gasteiger partial charge in [0.2, 0.25) is 0 Å². The van der Waals surface area contributed by atoms with Crippen LogP contribution in [0, 0.1) is 0 Å². The minimum absolute atomic E-state index is 0.0502. The van der Waals surface area contributed by atoms with Crippen molar-refractivity contribution in [3.8, 4) is 0 Å². The fourth-order valence-electron chi connectivity index (χ4n) is 2.64. The summed E-state index contributed by atoms with van der Waals surface area (Å²) in [6.45, 7) is 1.98. The Kier molecular flexibility index (Phi) is 5.37. The van der Waals surface area contributed by atoms with Gasteiger partial charge in [0.05, 0.1) is 10.7 Å². The summed E-state index contributed by atoms with van der Waals surface area (Å²) in [6.07, 6.45) is 0. The van der Waals surface area contributed by atoms with Gasteiger partial charge in [-0.1, -0.05) is 53.2 Å². The molecule has 1 aliphatic heterocycles. The van der Waals surface area contributed by atoms with Gasteiger partial charge < -0.3 is 5.11 Å². The van der Waals surface area contributed by atoms with E-state index < -0.39 is 15.5 Å². The van der Waals surface area contributed by atoms with Gasteiger partial charge in [0.25, 0.3) is 10.0 Å². The molecule has 132 valence electrons. The van der Waals surface area contributed by atoms with Gasteiger partial charge >= 0.3 is 0 Å². The average Bonchev–Trinajstić information content (AvgIpc) is 2.57. The zero-order valence-electron chi connectivity index (χ0n) is 13.2. The van der Waals surface area contributed by atoms with Crippen molar-refractivity contribution in [1.29, 1.82) is 0 Å². The van der Waals surface area contributed by atoms with Gasteiger partial charge in [-0.2, -0.15) is 0 Å². The molecule has 4 nitrogen and oxygen atoms in total. The molecule has 0 fully saturated rings. The number of sulfonamides is 1. The highest BCUT2D eigenvalue weighted by Crippen LogP contribution is 2.45. The summed E-state index contributed by atoms with van der Waals surface area (Å²) in [5.41, 5.74) is -0.227. The van der Waals surface area contributed by atoms with Crippen molar-refractivity contribution in [1.82, 2.24) is 0 Å². The van der Waals surface area contributed by atoms with Crippen LogP contribution in [-0.2, 0) is 10.0 Å². The number of aliphatic hydroxyl groups is 1. The van der Waals surface area contributed by atoms with Crippen LogP contribution >= 0.6 is 35.0 Å². The number of rotatable bonds is 4. The van der Waals surface area contributed by atoms with Crippen LogP contribution in [0.15, 0.2) is 58.3 Å². The summed E-state index contributed by atoms with van der Waals surface area (Å²) in [5.74, 6) is 0. The summed E-state index contributed by atoms with van der Waals surface area (Å²) in [7, 11) is -3.92. The van der Waals surface area contributed by atoms with E-state index in [9.17, 15) is 13.5 Å². The maximum Gasteiger partial charge on any atom is 0.265 e. The van der Waals surface area contributed by atoms with E-state index in [0.29, 0.717) is 21.2 Å². The SMILES string of the molecule is CCN1c2ccccc2C(Cl)=C(C(O)Sc2ccc(Cl)cc2)S1(=O)=O. The van der Waals surface area contributed by atoms with E-state index in [4.69, 9.17) is 23.2 Å². The lowest BCUT2D eigenvalue weighted by Crippen LogP contribution is -2.38. The molecule has 0 saturated carbocycles. The van der Waals surface area contributed by atoms with Crippen LogP contribution in [0.3, 0.4) is 0 Å². The number of para-hydroxylation sites is 1. The number of anilines is 1. The van der Waals surface area contributed by atoms with E-state index in [-0.39, 0.29) is 16.5 Å². The van der Waals surface area contributed by atoms with Gasteiger partial charge in [0, 0.05) is 22.0 Å². The van der Waals surface area contributed by atoms with E-state index in [0.717, 1.165) is 11.8 Å². The standard InChI is InChI=1S/C17H15Cl2NO3S2/c1-2-20-14-6-4-3-5-13(14)15(19)16(25(20,22)23)17(21)24-12-9-7-11(18)8-10-12/h3-10,17,21H,2H2,1H3. The Labute approximate surface area is 161 Å². The molecule has 2 aromatic rings. The lowest BCUT2D eigenvalue weighted by molar-refractivity contribution is 0.305. The Morgan fingerprint density at radius 1 is 1.12 bits per heavy atom. The number of hydrogen-bond acceptors (Lipinski definition) is 4. The first-order chi connectivity index (χ1) is 11.9. The lowest BCUT2D eigenvalue weighted by Gasteiger charge is -2.32. The molecule has 3 rings (SSSR count). The second-order valence-electron chi connectivity index (χ2n) is 5.29. The highest BCUT2D eigenvalue weighted by atomic mass is 35.5. The maximum absolute atomic E-state index is 13.0. The molecule has 25 heavy (non-hydrogen) atoms. The van der Waals surface area contributed by atoms with Crippen LogP contribution in [0.1, 0.15) is 12.5 Å². The van der Waals surface area contributed by atoms with Crippen LogP contribution in [0.5, 0.6) is 0 Å². The molecule has 0 spiro atoms. The first kappa shape index (κ1) is 18.6. The van der Waals surface area contributed by atoms with E-state index >= 15 is 0 Å². The smallest absolute Gasteiger partial charge is 0.265 e. The van der Waals surface area contributed by atoms with Gasteiger partial charge in [-0.3, -0.25) is 4.31 Å². The third-order valence-corrected chi connectivity index (χ3v) is 7.71. The lowest BCUT2D eigenvalue weighted by atomic mass is 10.1. The Bertz CT molecular complexity index is 927. The van der Waals surface area contributed by atoms with Gasteiger partial charge in [-0.25, -0.2) is 8.42 Å². The molecule has 8 heteroatoms. The normalized spacial score (nSPS) is 17.4. The molecule has 1 heterocycles. The number of halogens is 2. The van der Waals surface area contributed by atoms with E-state index in [1.165, 1.54) is 4.31 Å². The summed E-state index contributed by atoms with van der Waals surface area (Å²) < 4.78 is 27.2. The van der Waals surface area contributed by atoms with E-state index in [1.54, 1.807) is 55.5 Å². The molecule has 2 aromatic carbocycles. The number of fused-ring (bicyclic) bond motifs is 1. The summed E-state index contributed by atoms with van der Waals surface area (Å²) in [6, 6.07) is 13.8. The predicted octanol–water partition coefficient (Wildman–Crippen LogP) is 4.53. The van der Waals surface area contributed by atoms with Gasteiger partial charge in [-0.05, 0) is 37.3 Å². The molecule has 0 aromatic heterocycles. The molecule has 0 radical (unpaired) electrons. The van der Waals surface area contributed by atoms with Crippen molar-refractivity contribution in [3.63, 3.8) is 0 Å². The quantitative estimate of drug-likeness (QED) is 0.588. The van der Waals surface area contributed by atoms with Gasteiger partial charge in [0.1, 0.15) is 10.3 Å². The Balaban J connectivity index is 2.07. The minimum atomic E-state index is -3.92. The van der Waals surface area contributed by atoms with Crippen molar-refractivity contribution < 1.29 is 13.5 Å². The second kappa shape index (κ2) is 7.21. The molecule has 1 N–H and O–H groups in total. The Morgan fingerprint density at radius 3 is 2.40 bits per heavy atom. The van der Waals surface area contributed by atoms with Crippen LogP contribution < -0.4 is 4.31 Å². The highest BCUT2D eigenvalue weighted by Gasteiger charge is 2.39. The number of thioether (sulfide) groups is 1. The third kappa shape index (κ3) is 3.41. The summed E-state index contributed by atoms with van der Waals surface area (Å²) in [5, 5.41) is 11.2. The molecule has 0 aliphatic carbocycles. The largest absolute Gasteiger partial charge is 0.377 e. The summed E-state index contributed by atoms with van der Waals surface area (Å²) in [4.78, 5) is 0.487. The van der Waals surface area contributed by atoms with Gasteiger partial charge in [0.15, 0.2) is 0 Å². The van der Waals surface area contributed by atoms with E-state index in [1.807, 2.05) is 0 Å². The second-order valence-corrected chi connectivity index (χ2v) is 9.09. The monoisotopic (exact) mass is 415 g/mol. The average molecular weight is 416 g/mol. The number of hydrogen-bond donors (Lipinski definition) is 1. The van der Waals surface area contributed by atoms with Crippen LogP contribution in [-0.4, -0.2) is 25.5 Å². The first-order valence-corrected chi connectivity index (χ1v) is 10.6. The fraction of sp³-hybridized carbons (Fsp3) is 0.176. The molecule has 1 atom stereocenters. The molecule has 0 saturated heterocycles. The first-order valence-electron chi connectivity index (χ1n) is 7.48. The molecule has 1 unspecified atom stereocenters. The van der Waals surface area contributed by atoms with Crippen LogP contribution in [0.4, 0.5) is 5.69 Å². The van der Waals surface area contributed by atoms with Crippen LogP contribution in [0.2, 0.25) is 5.02 Å². The zero-order valence-corrected chi connectivity index (χ0v) is 16.3. The van der Waals surface area contributed by atoms with Crippen molar-refractivity contribution in [3.05, 3.63) is 64.0 Å². The minimum Gasteiger partial charge on any atom is -0.377 e. The molecule has 1 aliphatic rings. The Hall–Kier alpha value is -1.18. The van der Waals surface area contributed by atoms with Crippen molar-refractivity contribution in [2.75, 3.05) is 10.8 Å². The topological polar surface area (TPSA) is 57.6 Å². The molecule has 0 amide bonds. The predicted molar refractivity (Wildman–Crippen MR) is 104 cm³/mol. The highest BCUT2D eigenvalue weighted by molar-refractivity contribution is 8.03.